The average molecular weight is 392 g/mol. The van der Waals surface area contributed by atoms with Crippen LogP contribution in [0.4, 0.5) is 0 Å². The van der Waals surface area contributed by atoms with Gasteiger partial charge >= 0.3 is 0 Å². The Morgan fingerprint density at radius 2 is 1.35 bits per heavy atom. The van der Waals surface area contributed by atoms with Gasteiger partial charge in [0.05, 0.1) is 13.5 Å². The Kier molecular flexibility index (Phi) is 4.91. The van der Waals surface area contributed by atoms with Crippen LogP contribution in [0.15, 0.2) is 6.07 Å². The molecule has 1 unspecified atom stereocenters. The Morgan fingerprint density at radius 1 is 0.900 bits per heavy atom. The minimum Gasteiger partial charge on any atom is -0.111 e. The van der Waals surface area contributed by atoms with Crippen molar-refractivity contribution in [1.29, 1.82) is 0 Å². The van der Waals surface area contributed by atoms with Crippen LogP contribution in [-0.4, -0.2) is 0 Å². The highest BCUT2D eigenvalue weighted by atomic mass is 79.9. The second kappa shape index (κ2) is 6.00. The van der Waals surface area contributed by atoms with Gasteiger partial charge in [-0.2, -0.15) is 0 Å². The minimum absolute atomic E-state index is 0.0803. The van der Waals surface area contributed by atoms with Crippen molar-refractivity contribution in [1.82, 2.24) is 0 Å². The van der Waals surface area contributed by atoms with Gasteiger partial charge in [-0.25, -0.2) is 0 Å². The lowest BCUT2D eigenvalue weighted by Crippen LogP contribution is -2.05. The van der Waals surface area contributed by atoms with Crippen LogP contribution in [0.25, 0.3) is 0 Å². The van der Waals surface area contributed by atoms with E-state index in [-0.39, 0.29) is 4.83 Å². The van der Waals surface area contributed by atoms with E-state index in [9.17, 15) is 0 Å². The molecule has 0 N–H and O–H groups in total. The van der Waals surface area contributed by atoms with E-state index in [0.717, 1.165) is 14.2 Å². The molecule has 0 aliphatic carbocycles. The lowest BCUT2D eigenvalue weighted by Gasteiger charge is -2.22. The van der Waals surface area contributed by atoms with Gasteiger partial charge in [0.2, 0.25) is 0 Å². The topological polar surface area (TPSA) is 0 Å². The van der Waals surface area contributed by atoms with E-state index in [0.29, 0.717) is 0 Å². The van der Waals surface area contributed by atoms with E-state index < -0.39 is 0 Å². The van der Waals surface area contributed by atoms with E-state index in [4.69, 9.17) is 23.2 Å². The molecule has 0 radical (unpaired) electrons. The van der Waals surface area contributed by atoms with Gasteiger partial charge in [-0.1, -0.05) is 39.1 Å². The molecule has 0 amide bonds. The SMILES string of the molecule is Cc1c(C)c(C)c(C(Br)c2cc(Cl)sc2Cl)c(C)c1C. The van der Waals surface area contributed by atoms with Gasteiger partial charge in [0, 0.05) is 5.56 Å². The summed E-state index contributed by atoms with van der Waals surface area (Å²) < 4.78 is 1.48. The van der Waals surface area contributed by atoms with Crippen LogP contribution >= 0.6 is 50.5 Å². The zero-order valence-corrected chi connectivity index (χ0v) is 16.1. The predicted octanol–water partition coefficient (Wildman–Crippen LogP) is 7.08. The Morgan fingerprint density at radius 3 is 1.75 bits per heavy atom. The van der Waals surface area contributed by atoms with Gasteiger partial charge in [0.1, 0.15) is 0 Å². The van der Waals surface area contributed by atoms with Gasteiger partial charge in [0.25, 0.3) is 0 Å². The fourth-order valence-corrected chi connectivity index (χ4v) is 5.45. The molecule has 108 valence electrons. The lowest BCUT2D eigenvalue weighted by atomic mass is 9.87. The van der Waals surface area contributed by atoms with E-state index >= 15 is 0 Å². The highest BCUT2D eigenvalue weighted by Crippen LogP contribution is 2.44. The van der Waals surface area contributed by atoms with Gasteiger partial charge in [-0.15, -0.1) is 11.3 Å². The molecule has 1 heterocycles. The first-order valence-electron chi connectivity index (χ1n) is 6.41. The summed E-state index contributed by atoms with van der Waals surface area (Å²) in [5.74, 6) is 0. The summed E-state index contributed by atoms with van der Waals surface area (Å²) in [6.45, 7) is 10.9. The Hall–Kier alpha value is -0.0200. The van der Waals surface area contributed by atoms with Crippen molar-refractivity contribution in [2.24, 2.45) is 0 Å². The monoisotopic (exact) mass is 390 g/mol. The molecule has 0 aliphatic heterocycles. The molecule has 0 saturated carbocycles. The molecule has 2 rings (SSSR count). The maximum atomic E-state index is 6.31. The standard InChI is InChI=1S/C16H17BrCl2S/c1-7-8(2)10(4)14(11(5)9(7)3)15(17)12-6-13(18)20-16(12)19/h6,15H,1-5H3. The van der Waals surface area contributed by atoms with Crippen molar-refractivity contribution < 1.29 is 0 Å². The number of hydrogen-bond donors (Lipinski definition) is 0. The molecule has 0 bridgehead atoms. The minimum atomic E-state index is 0.0803. The van der Waals surface area contributed by atoms with E-state index in [2.05, 4.69) is 50.5 Å². The van der Waals surface area contributed by atoms with Crippen LogP contribution in [0, 0.1) is 34.6 Å². The van der Waals surface area contributed by atoms with Crippen LogP contribution in [0.5, 0.6) is 0 Å². The summed E-state index contributed by atoms with van der Waals surface area (Å²) in [6.07, 6.45) is 0. The molecule has 4 heteroatoms. The Bertz CT molecular complexity index is 645. The fraction of sp³-hybridized carbons (Fsp3) is 0.375. The van der Waals surface area contributed by atoms with Gasteiger partial charge in [0.15, 0.2) is 0 Å². The van der Waals surface area contributed by atoms with Crippen LogP contribution in [0.3, 0.4) is 0 Å². The molecular formula is C16H17BrCl2S. The third-order valence-electron chi connectivity index (χ3n) is 4.27. The summed E-state index contributed by atoms with van der Waals surface area (Å²) >= 11 is 17.6. The van der Waals surface area contributed by atoms with Crippen molar-refractivity contribution >= 4 is 50.5 Å². The third-order valence-corrected chi connectivity index (χ3v) is 6.74. The molecule has 0 aliphatic rings. The van der Waals surface area contributed by atoms with Crippen molar-refractivity contribution in [3.63, 3.8) is 0 Å². The first-order chi connectivity index (χ1) is 9.25. The van der Waals surface area contributed by atoms with Crippen molar-refractivity contribution in [3.8, 4) is 0 Å². The van der Waals surface area contributed by atoms with Gasteiger partial charge in [-0.3, -0.25) is 0 Å². The van der Waals surface area contributed by atoms with Crippen molar-refractivity contribution in [2.75, 3.05) is 0 Å². The fourth-order valence-electron chi connectivity index (χ4n) is 2.59. The van der Waals surface area contributed by atoms with Gasteiger partial charge < -0.3 is 0 Å². The zero-order chi connectivity index (χ0) is 15.2. The van der Waals surface area contributed by atoms with E-state index in [1.807, 2.05) is 6.07 Å². The second-order valence-corrected chi connectivity index (χ2v) is 8.38. The predicted molar refractivity (Wildman–Crippen MR) is 95.2 cm³/mol. The van der Waals surface area contributed by atoms with Crippen molar-refractivity contribution in [3.05, 3.63) is 53.7 Å². The highest BCUT2D eigenvalue weighted by molar-refractivity contribution is 9.09. The largest absolute Gasteiger partial charge is 0.111 e. The smallest absolute Gasteiger partial charge is 0.0990 e. The molecule has 0 nitrogen and oxygen atoms in total. The summed E-state index contributed by atoms with van der Waals surface area (Å²) in [4.78, 5) is 0.0803. The summed E-state index contributed by atoms with van der Waals surface area (Å²) in [6, 6.07) is 1.96. The van der Waals surface area contributed by atoms with Crippen LogP contribution in [0.1, 0.15) is 43.8 Å². The highest BCUT2D eigenvalue weighted by Gasteiger charge is 2.23. The van der Waals surface area contributed by atoms with Crippen LogP contribution in [0.2, 0.25) is 8.67 Å². The maximum absolute atomic E-state index is 6.31. The van der Waals surface area contributed by atoms with Crippen molar-refractivity contribution in [2.45, 2.75) is 39.4 Å². The number of halogens is 3. The Labute approximate surface area is 143 Å². The first kappa shape index (κ1) is 16.4. The molecule has 2 aromatic rings. The molecule has 1 aromatic heterocycles. The van der Waals surface area contributed by atoms with E-state index in [1.165, 1.54) is 44.7 Å². The van der Waals surface area contributed by atoms with Crippen LogP contribution in [-0.2, 0) is 0 Å². The molecule has 0 fully saturated rings. The average Bonchev–Trinajstić information content (AvgIpc) is 2.73. The maximum Gasteiger partial charge on any atom is 0.0990 e. The molecule has 1 aromatic carbocycles. The van der Waals surface area contributed by atoms with E-state index in [1.54, 1.807) is 0 Å². The zero-order valence-electron chi connectivity index (χ0n) is 12.2. The quantitative estimate of drug-likeness (QED) is 0.479. The number of alkyl halides is 1. The molecule has 1 atom stereocenters. The molecular weight excluding hydrogens is 375 g/mol. The van der Waals surface area contributed by atoms with Gasteiger partial charge in [-0.05, 0) is 74.1 Å². The van der Waals surface area contributed by atoms with Crippen LogP contribution < -0.4 is 0 Å². The summed E-state index contributed by atoms with van der Waals surface area (Å²) in [7, 11) is 0. The normalized spacial score (nSPS) is 12.8. The second-order valence-electron chi connectivity index (χ2n) is 5.18. The number of thiophene rings is 1. The summed E-state index contributed by atoms with van der Waals surface area (Å²) in [5.41, 5.74) is 9.09. The molecule has 0 saturated heterocycles. The molecule has 20 heavy (non-hydrogen) atoms. The molecule has 0 spiro atoms. The number of benzene rings is 1. The summed E-state index contributed by atoms with van der Waals surface area (Å²) in [5, 5.41) is 0. The first-order valence-corrected chi connectivity index (χ1v) is 8.90. The Balaban J connectivity index is 2.67. The lowest BCUT2D eigenvalue weighted by molar-refractivity contribution is 1.06. The third kappa shape index (κ3) is 2.68. The number of hydrogen-bond acceptors (Lipinski definition) is 1. The number of rotatable bonds is 2.